The molecule has 0 aliphatic heterocycles. The molecule has 0 saturated carbocycles. The Kier molecular flexibility index (Phi) is 4.39. The van der Waals surface area contributed by atoms with Crippen LogP contribution in [-0.2, 0) is 4.43 Å². The molecule has 0 aliphatic carbocycles. The van der Waals surface area contributed by atoms with Gasteiger partial charge in [0.25, 0.3) is 0 Å². The van der Waals surface area contributed by atoms with Gasteiger partial charge in [0.1, 0.15) is 5.76 Å². The van der Waals surface area contributed by atoms with Gasteiger partial charge >= 0.3 is 0 Å². The lowest BCUT2D eigenvalue weighted by Crippen LogP contribution is -2.54. The van der Waals surface area contributed by atoms with Crippen LogP contribution >= 0.6 is 0 Å². The van der Waals surface area contributed by atoms with Crippen molar-refractivity contribution >= 4 is 21.2 Å². The van der Waals surface area contributed by atoms with Crippen molar-refractivity contribution in [1.29, 1.82) is 0 Å². The molecular formula is C14H24OSi2. The highest BCUT2D eigenvalue weighted by Gasteiger charge is 2.41. The van der Waals surface area contributed by atoms with Gasteiger partial charge in [-0.05, 0) is 26.1 Å². The Labute approximate surface area is 107 Å². The fraction of sp³-hybridized carbons (Fsp3) is 0.429. The minimum absolute atomic E-state index is 1.05. The van der Waals surface area contributed by atoms with Crippen LogP contribution in [0.1, 0.15) is 12.5 Å². The van der Waals surface area contributed by atoms with E-state index in [1.807, 2.05) is 6.07 Å². The second-order valence-electron chi connectivity index (χ2n) is 5.88. The highest BCUT2D eigenvalue weighted by molar-refractivity contribution is 7.38. The first kappa shape index (κ1) is 14.3. The summed E-state index contributed by atoms with van der Waals surface area (Å²) in [5.41, 5.74) is 1.19. The fourth-order valence-electron chi connectivity index (χ4n) is 1.31. The fourth-order valence-corrected chi connectivity index (χ4v) is 3.66. The van der Waals surface area contributed by atoms with Crippen molar-refractivity contribution in [2.45, 2.75) is 39.7 Å². The number of allylic oxidation sites excluding steroid dienone is 1. The second kappa shape index (κ2) is 5.23. The third-order valence-electron chi connectivity index (χ3n) is 3.49. The maximum absolute atomic E-state index is 6.40. The zero-order valence-corrected chi connectivity index (χ0v) is 13.9. The first-order valence-electron chi connectivity index (χ1n) is 6.18. The summed E-state index contributed by atoms with van der Waals surface area (Å²) >= 11 is 0. The number of hydrogen-bond acceptors (Lipinski definition) is 1. The van der Waals surface area contributed by atoms with Crippen molar-refractivity contribution in [3.05, 3.63) is 42.0 Å². The van der Waals surface area contributed by atoms with Crippen LogP contribution in [-0.4, -0.2) is 15.4 Å². The average molecular weight is 265 g/mol. The first-order valence-corrected chi connectivity index (χ1v) is 13.6. The quantitative estimate of drug-likeness (QED) is 0.566. The molecule has 0 radical (unpaired) electrons. The lowest BCUT2D eigenvalue weighted by Gasteiger charge is -2.36. The van der Waals surface area contributed by atoms with Gasteiger partial charge in [0.15, 0.2) is 0 Å². The zero-order chi connectivity index (χ0) is 13.1. The summed E-state index contributed by atoms with van der Waals surface area (Å²) in [6.07, 6.45) is 2.09. The molecule has 0 bridgehead atoms. The molecule has 1 aromatic carbocycles. The minimum Gasteiger partial charge on any atom is -0.547 e. The van der Waals surface area contributed by atoms with Gasteiger partial charge in [0, 0.05) is 5.56 Å². The van der Waals surface area contributed by atoms with E-state index in [0.717, 1.165) is 5.76 Å². The summed E-state index contributed by atoms with van der Waals surface area (Å²) in [5, 5.41) is 0. The lowest BCUT2D eigenvalue weighted by molar-refractivity contribution is 0.524. The van der Waals surface area contributed by atoms with Gasteiger partial charge in [0.05, 0.1) is 7.59 Å². The van der Waals surface area contributed by atoms with Crippen molar-refractivity contribution < 1.29 is 4.43 Å². The van der Waals surface area contributed by atoms with Gasteiger partial charge in [0.2, 0.25) is 7.83 Å². The molecule has 0 atom stereocenters. The molecule has 0 spiro atoms. The van der Waals surface area contributed by atoms with Crippen molar-refractivity contribution in [3.63, 3.8) is 0 Å². The number of hydrogen-bond donors (Lipinski definition) is 0. The summed E-state index contributed by atoms with van der Waals surface area (Å²) in [5.74, 6) is 1.05. The summed E-state index contributed by atoms with van der Waals surface area (Å²) in [7, 11) is -2.82. The highest BCUT2D eigenvalue weighted by atomic mass is 29.3. The third kappa shape index (κ3) is 3.58. The van der Waals surface area contributed by atoms with Crippen LogP contribution in [0.4, 0.5) is 0 Å². The Morgan fingerprint density at radius 3 is 1.94 bits per heavy atom. The molecule has 3 heteroatoms. The van der Waals surface area contributed by atoms with Crippen LogP contribution in [0.25, 0.3) is 5.76 Å². The summed E-state index contributed by atoms with van der Waals surface area (Å²) in [4.78, 5) is 0. The average Bonchev–Trinajstić information content (AvgIpc) is 2.25. The van der Waals surface area contributed by atoms with E-state index in [9.17, 15) is 0 Å². The third-order valence-corrected chi connectivity index (χ3v) is 19.0. The minimum atomic E-state index is -1.60. The van der Waals surface area contributed by atoms with E-state index < -0.39 is 15.4 Å². The molecule has 1 aromatic rings. The van der Waals surface area contributed by atoms with Crippen LogP contribution in [0, 0.1) is 0 Å². The molecule has 0 fully saturated rings. The first-order chi connectivity index (χ1) is 7.78. The normalized spacial score (nSPS) is 13.6. The van der Waals surface area contributed by atoms with Crippen molar-refractivity contribution in [2.24, 2.45) is 0 Å². The van der Waals surface area contributed by atoms with Crippen LogP contribution in [0.2, 0.25) is 32.7 Å². The van der Waals surface area contributed by atoms with Gasteiger partial charge in [-0.2, -0.15) is 0 Å². The van der Waals surface area contributed by atoms with E-state index in [-0.39, 0.29) is 0 Å². The Hall–Kier alpha value is -0.806. The maximum Gasteiger partial charge on any atom is 0.228 e. The SMILES string of the molecule is C/C=C(\O[Si](C)(C)[Si](C)(C)C)c1ccccc1. The van der Waals surface area contributed by atoms with Crippen LogP contribution in [0.3, 0.4) is 0 Å². The maximum atomic E-state index is 6.40. The molecule has 0 aliphatic rings. The van der Waals surface area contributed by atoms with Gasteiger partial charge in [-0.3, -0.25) is 0 Å². The van der Waals surface area contributed by atoms with E-state index in [2.05, 4.69) is 70.0 Å². The van der Waals surface area contributed by atoms with Gasteiger partial charge < -0.3 is 4.43 Å². The largest absolute Gasteiger partial charge is 0.547 e. The standard InChI is InChI=1S/C14H24OSi2/c1-7-14(13-11-9-8-10-12-13)15-17(5,6)16(2,3)4/h7-12H,1-6H3/b14-7-. The van der Waals surface area contributed by atoms with E-state index in [1.165, 1.54) is 5.56 Å². The monoisotopic (exact) mass is 264 g/mol. The second-order valence-corrected chi connectivity index (χ2v) is 21.7. The molecule has 1 nitrogen and oxygen atoms in total. The van der Waals surface area contributed by atoms with Crippen molar-refractivity contribution in [3.8, 4) is 0 Å². The molecule has 17 heavy (non-hydrogen) atoms. The molecule has 0 N–H and O–H groups in total. The molecule has 1 rings (SSSR count). The Balaban J connectivity index is 2.94. The van der Waals surface area contributed by atoms with E-state index in [0.29, 0.717) is 0 Å². The highest BCUT2D eigenvalue weighted by Crippen LogP contribution is 2.27. The van der Waals surface area contributed by atoms with Crippen molar-refractivity contribution in [2.75, 3.05) is 0 Å². The Bertz CT molecular complexity index is 388. The Morgan fingerprint density at radius 1 is 1.00 bits per heavy atom. The zero-order valence-electron chi connectivity index (χ0n) is 11.9. The van der Waals surface area contributed by atoms with Crippen LogP contribution in [0.5, 0.6) is 0 Å². The van der Waals surface area contributed by atoms with Crippen LogP contribution in [0.15, 0.2) is 36.4 Å². The Morgan fingerprint density at radius 2 is 1.53 bits per heavy atom. The van der Waals surface area contributed by atoms with Crippen molar-refractivity contribution in [1.82, 2.24) is 0 Å². The molecule has 0 saturated heterocycles. The number of rotatable bonds is 4. The van der Waals surface area contributed by atoms with Gasteiger partial charge in [-0.1, -0.05) is 50.0 Å². The molecule has 94 valence electrons. The van der Waals surface area contributed by atoms with E-state index >= 15 is 0 Å². The van der Waals surface area contributed by atoms with Gasteiger partial charge in [-0.25, -0.2) is 0 Å². The smallest absolute Gasteiger partial charge is 0.228 e. The lowest BCUT2D eigenvalue weighted by atomic mass is 10.2. The summed E-state index contributed by atoms with van der Waals surface area (Å²) < 4.78 is 6.40. The van der Waals surface area contributed by atoms with Gasteiger partial charge in [-0.15, -0.1) is 0 Å². The predicted octanol–water partition coefficient (Wildman–Crippen LogP) is 4.69. The molecule has 0 heterocycles. The molecular weight excluding hydrogens is 240 g/mol. The molecule has 0 amide bonds. The topological polar surface area (TPSA) is 9.23 Å². The van der Waals surface area contributed by atoms with E-state index in [1.54, 1.807) is 0 Å². The summed E-state index contributed by atoms with van der Waals surface area (Å²) in [6, 6.07) is 10.4. The number of benzene rings is 1. The summed E-state index contributed by atoms with van der Waals surface area (Å²) in [6.45, 7) is 13.9. The van der Waals surface area contributed by atoms with E-state index in [4.69, 9.17) is 4.43 Å². The van der Waals surface area contributed by atoms with Crippen LogP contribution < -0.4 is 0 Å². The molecule has 0 unspecified atom stereocenters. The predicted molar refractivity (Wildman–Crippen MR) is 82.0 cm³/mol. The molecule has 0 aromatic heterocycles.